The Morgan fingerprint density at radius 1 is 1.20 bits per heavy atom. The Morgan fingerprint density at radius 3 is 2.64 bits per heavy atom. The Kier molecular flexibility index (Phi) is 6.10. The molecule has 0 spiro atoms. The minimum absolute atomic E-state index is 0.109. The van der Waals surface area contributed by atoms with Crippen molar-refractivity contribution in [3.05, 3.63) is 34.6 Å². The molecule has 138 valence electrons. The summed E-state index contributed by atoms with van der Waals surface area (Å²) in [5.74, 6) is -0.171. The molecule has 0 aromatic heterocycles. The van der Waals surface area contributed by atoms with Crippen LogP contribution in [0.4, 0.5) is 4.39 Å². The third-order valence-electron chi connectivity index (χ3n) is 5.65. The Bertz CT molecular complexity index is 605. The standard InChI is InChI=1S/C21H29FO3/c1-3-5-14-6-10-18(11-7-14)24-13-16-9-8-15-12-17(4-2)25-21(23)19(15)20(16)22/h8-9,14,17-18H,3-7,10-13H2,1-2H3. The van der Waals surface area contributed by atoms with E-state index in [1.165, 1.54) is 25.7 Å². The molecule has 2 aliphatic rings. The first-order chi connectivity index (χ1) is 12.1. The van der Waals surface area contributed by atoms with Crippen molar-refractivity contribution in [2.75, 3.05) is 0 Å². The van der Waals surface area contributed by atoms with Crippen LogP contribution in [0, 0.1) is 11.7 Å². The van der Waals surface area contributed by atoms with Crippen molar-refractivity contribution in [1.82, 2.24) is 0 Å². The van der Waals surface area contributed by atoms with E-state index in [1.807, 2.05) is 13.0 Å². The van der Waals surface area contributed by atoms with E-state index in [2.05, 4.69) is 6.92 Å². The lowest BCUT2D eigenvalue weighted by Gasteiger charge is -2.29. The van der Waals surface area contributed by atoms with Crippen LogP contribution in [0.2, 0.25) is 0 Å². The number of carbonyl (C=O) groups excluding carboxylic acids is 1. The highest BCUT2D eigenvalue weighted by atomic mass is 19.1. The molecule has 0 bridgehead atoms. The predicted molar refractivity (Wildman–Crippen MR) is 95.0 cm³/mol. The number of ether oxygens (including phenoxy) is 2. The molecule has 0 radical (unpaired) electrons. The van der Waals surface area contributed by atoms with E-state index in [9.17, 15) is 9.18 Å². The first-order valence-electron chi connectivity index (χ1n) is 9.75. The molecular weight excluding hydrogens is 319 g/mol. The van der Waals surface area contributed by atoms with Crippen LogP contribution in [0.15, 0.2) is 12.1 Å². The highest BCUT2D eigenvalue weighted by molar-refractivity contribution is 5.92. The number of rotatable bonds is 6. The fraction of sp³-hybridized carbons (Fsp3) is 0.667. The molecule has 0 N–H and O–H groups in total. The van der Waals surface area contributed by atoms with Gasteiger partial charge in [-0.15, -0.1) is 0 Å². The van der Waals surface area contributed by atoms with Crippen LogP contribution in [0.1, 0.15) is 80.3 Å². The lowest BCUT2D eigenvalue weighted by Crippen LogP contribution is -2.28. The highest BCUT2D eigenvalue weighted by Gasteiger charge is 2.30. The molecule has 1 fully saturated rings. The number of hydrogen-bond donors (Lipinski definition) is 0. The minimum Gasteiger partial charge on any atom is -0.458 e. The first kappa shape index (κ1) is 18.4. The van der Waals surface area contributed by atoms with Gasteiger partial charge in [0.15, 0.2) is 0 Å². The maximum atomic E-state index is 14.8. The monoisotopic (exact) mass is 348 g/mol. The molecule has 1 aromatic rings. The summed E-state index contributed by atoms with van der Waals surface area (Å²) in [5.41, 5.74) is 1.32. The highest BCUT2D eigenvalue weighted by Crippen LogP contribution is 2.31. The third kappa shape index (κ3) is 4.22. The molecule has 3 nitrogen and oxygen atoms in total. The summed E-state index contributed by atoms with van der Waals surface area (Å²) in [7, 11) is 0. The summed E-state index contributed by atoms with van der Waals surface area (Å²) in [4.78, 5) is 12.1. The molecule has 1 unspecified atom stereocenters. The zero-order valence-electron chi connectivity index (χ0n) is 15.4. The second-order valence-corrected chi connectivity index (χ2v) is 7.45. The van der Waals surface area contributed by atoms with Gasteiger partial charge in [-0.05, 0) is 43.6 Å². The number of benzene rings is 1. The largest absolute Gasteiger partial charge is 0.458 e. The molecule has 1 saturated carbocycles. The second kappa shape index (κ2) is 8.31. The smallest absolute Gasteiger partial charge is 0.341 e. The van der Waals surface area contributed by atoms with Crippen molar-refractivity contribution in [2.24, 2.45) is 5.92 Å². The van der Waals surface area contributed by atoms with Gasteiger partial charge in [-0.2, -0.15) is 0 Å². The number of hydrogen-bond acceptors (Lipinski definition) is 3. The molecule has 1 aliphatic heterocycles. The van der Waals surface area contributed by atoms with Crippen LogP contribution < -0.4 is 0 Å². The predicted octanol–water partition coefficient (Wildman–Crippen LogP) is 5.19. The molecule has 25 heavy (non-hydrogen) atoms. The van der Waals surface area contributed by atoms with Crippen LogP contribution >= 0.6 is 0 Å². The van der Waals surface area contributed by atoms with E-state index < -0.39 is 11.8 Å². The lowest BCUT2D eigenvalue weighted by atomic mass is 9.85. The number of cyclic esters (lactones) is 1. The molecule has 1 heterocycles. The van der Waals surface area contributed by atoms with Gasteiger partial charge in [-0.1, -0.05) is 38.8 Å². The van der Waals surface area contributed by atoms with Crippen molar-refractivity contribution < 1.29 is 18.7 Å². The number of fused-ring (bicyclic) bond motifs is 1. The van der Waals surface area contributed by atoms with Crippen molar-refractivity contribution in [2.45, 2.75) is 84.0 Å². The summed E-state index contributed by atoms with van der Waals surface area (Å²) in [5, 5.41) is 0. The second-order valence-electron chi connectivity index (χ2n) is 7.45. The minimum atomic E-state index is -0.535. The molecule has 4 heteroatoms. The first-order valence-corrected chi connectivity index (χ1v) is 9.75. The number of carbonyl (C=O) groups is 1. The van der Waals surface area contributed by atoms with Gasteiger partial charge in [0.05, 0.1) is 18.3 Å². The van der Waals surface area contributed by atoms with E-state index in [4.69, 9.17) is 9.47 Å². The average molecular weight is 348 g/mol. The Hall–Kier alpha value is -1.42. The quantitative estimate of drug-likeness (QED) is 0.664. The van der Waals surface area contributed by atoms with Crippen LogP contribution in [0.5, 0.6) is 0 Å². The van der Waals surface area contributed by atoms with Gasteiger partial charge >= 0.3 is 5.97 Å². The summed E-state index contributed by atoms with van der Waals surface area (Å²) >= 11 is 0. The van der Waals surface area contributed by atoms with Crippen LogP contribution in [0.3, 0.4) is 0 Å². The fourth-order valence-electron chi connectivity index (χ4n) is 4.09. The van der Waals surface area contributed by atoms with E-state index in [0.29, 0.717) is 12.0 Å². The molecule has 0 amide bonds. The van der Waals surface area contributed by atoms with Gasteiger partial charge < -0.3 is 9.47 Å². The van der Waals surface area contributed by atoms with E-state index >= 15 is 0 Å². The SMILES string of the molecule is CCCC1CCC(OCc2ccc3c(c2F)C(=O)OC(CC)C3)CC1. The summed E-state index contributed by atoms with van der Waals surface area (Å²) in [6.45, 7) is 4.43. The van der Waals surface area contributed by atoms with Gasteiger partial charge in [-0.25, -0.2) is 9.18 Å². The molecule has 1 aromatic carbocycles. The van der Waals surface area contributed by atoms with Gasteiger partial charge in [0, 0.05) is 12.0 Å². The lowest BCUT2D eigenvalue weighted by molar-refractivity contribution is 0.00479. The summed E-state index contributed by atoms with van der Waals surface area (Å²) in [6, 6.07) is 3.63. The fourth-order valence-corrected chi connectivity index (χ4v) is 4.09. The van der Waals surface area contributed by atoms with E-state index in [-0.39, 0.29) is 24.4 Å². The van der Waals surface area contributed by atoms with Crippen molar-refractivity contribution in [1.29, 1.82) is 0 Å². The van der Waals surface area contributed by atoms with Gasteiger partial charge in [0.2, 0.25) is 0 Å². The number of esters is 1. The topological polar surface area (TPSA) is 35.5 Å². The number of halogens is 1. The van der Waals surface area contributed by atoms with Crippen LogP contribution in [-0.4, -0.2) is 18.2 Å². The molecular formula is C21H29FO3. The van der Waals surface area contributed by atoms with E-state index in [0.717, 1.165) is 30.7 Å². The van der Waals surface area contributed by atoms with Crippen LogP contribution in [-0.2, 0) is 22.5 Å². The normalized spacial score (nSPS) is 26.2. The Morgan fingerprint density at radius 2 is 1.96 bits per heavy atom. The summed E-state index contributed by atoms with van der Waals surface area (Å²) in [6.07, 6.45) is 8.47. The van der Waals surface area contributed by atoms with Crippen LogP contribution in [0.25, 0.3) is 0 Å². The average Bonchev–Trinajstić information content (AvgIpc) is 2.62. The van der Waals surface area contributed by atoms with Crippen molar-refractivity contribution in [3.63, 3.8) is 0 Å². The van der Waals surface area contributed by atoms with Gasteiger partial charge in [0.25, 0.3) is 0 Å². The zero-order valence-corrected chi connectivity index (χ0v) is 15.4. The third-order valence-corrected chi connectivity index (χ3v) is 5.65. The Labute approximate surface area is 149 Å². The van der Waals surface area contributed by atoms with E-state index in [1.54, 1.807) is 6.07 Å². The van der Waals surface area contributed by atoms with Gasteiger partial charge in [-0.3, -0.25) is 0 Å². The van der Waals surface area contributed by atoms with Crippen molar-refractivity contribution in [3.8, 4) is 0 Å². The molecule has 1 atom stereocenters. The van der Waals surface area contributed by atoms with Crippen molar-refractivity contribution >= 4 is 5.97 Å². The molecule has 1 aliphatic carbocycles. The zero-order chi connectivity index (χ0) is 17.8. The molecule has 3 rings (SSSR count). The Balaban J connectivity index is 1.61. The summed E-state index contributed by atoms with van der Waals surface area (Å²) < 4.78 is 26.0. The van der Waals surface area contributed by atoms with Gasteiger partial charge in [0.1, 0.15) is 11.9 Å². The molecule has 0 saturated heterocycles. The maximum absolute atomic E-state index is 14.8. The maximum Gasteiger partial charge on any atom is 0.341 e.